The van der Waals surface area contributed by atoms with E-state index in [0.29, 0.717) is 62.0 Å². The van der Waals surface area contributed by atoms with Gasteiger partial charge in [0.05, 0.1) is 26.1 Å². The molecule has 10 nitrogen and oxygen atoms in total. The Kier molecular flexibility index (Phi) is 12.8. The van der Waals surface area contributed by atoms with Crippen molar-refractivity contribution >= 4 is 47.2 Å². The molecule has 280 valence electrons. The molecular weight excluding hydrogens is 681 g/mol. The van der Waals surface area contributed by atoms with Crippen molar-refractivity contribution in [1.82, 2.24) is 9.80 Å². The Labute approximate surface area is 317 Å². The number of rotatable bonds is 14. The number of amides is 4. The molecule has 2 heterocycles. The highest BCUT2D eigenvalue weighted by Gasteiger charge is 2.35. The van der Waals surface area contributed by atoms with Crippen molar-refractivity contribution in [2.45, 2.75) is 64.5 Å². The number of carbonyl (C=O) groups excluding carboxylic acids is 4. The van der Waals surface area contributed by atoms with E-state index < -0.39 is 12.1 Å². The van der Waals surface area contributed by atoms with Crippen molar-refractivity contribution in [3.05, 3.63) is 119 Å². The van der Waals surface area contributed by atoms with E-state index in [4.69, 9.17) is 9.47 Å². The standard InChI is InChI=1S/C44H48N4O6/c1-3-53-39-15-7-5-11-33(39)29-41(49)47-27-9-13-37(47)43(51)45-35-23-19-31(20-24-35)17-18-32-21-25-36(26-22-32)46-44(52)38-14-10-28-48(38)42(50)30-34-12-6-8-16-40(34)54-4-2/h5-8,11-12,15-26,37-38H,3-4,9-10,13-14,27-30H2,1-2H3,(H,45,51)(H,46,52)/b18-17+/t37-,38-/m0/s1. The zero-order valence-electron chi connectivity index (χ0n) is 31.0. The molecule has 2 atom stereocenters. The molecule has 4 aromatic rings. The van der Waals surface area contributed by atoms with Crippen LogP contribution in [-0.2, 0) is 32.0 Å². The van der Waals surface area contributed by atoms with Crippen LogP contribution < -0.4 is 20.1 Å². The molecule has 0 unspecified atom stereocenters. The van der Waals surface area contributed by atoms with Crippen LogP contribution in [0, 0.1) is 0 Å². The van der Waals surface area contributed by atoms with Gasteiger partial charge in [0.1, 0.15) is 23.6 Å². The fraction of sp³-hybridized carbons (Fsp3) is 0.318. The smallest absolute Gasteiger partial charge is 0.247 e. The summed E-state index contributed by atoms with van der Waals surface area (Å²) in [6.07, 6.45) is 7.12. The first kappa shape index (κ1) is 37.8. The number of anilines is 2. The average molecular weight is 729 g/mol. The molecule has 4 amide bonds. The largest absolute Gasteiger partial charge is 0.494 e. The van der Waals surface area contributed by atoms with Crippen LogP contribution in [0.4, 0.5) is 11.4 Å². The molecule has 0 aliphatic carbocycles. The summed E-state index contributed by atoms with van der Waals surface area (Å²) in [5.74, 6) is 0.845. The Balaban J connectivity index is 0.987. The summed E-state index contributed by atoms with van der Waals surface area (Å²) < 4.78 is 11.4. The Morgan fingerprint density at radius 1 is 0.593 bits per heavy atom. The van der Waals surface area contributed by atoms with Crippen LogP contribution in [-0.4, -0.2) is 71.8 Å². The van der Waals surface area contributed by atoms with Crippen LogP contribution >= 0.6 is 0 Å². The van der Waals surface area contributed by atoms with E-state index in [1.54, 1.807) is 9.80 Å². The fourth-order valence-corrected chi connectivity index (χ4v) is 7.10. The van der Waals surface area contributed by atoms with Gasteiger partial charge in [0, 0.05) is 35.6 Å². The predicted molar refractivity (Wildman–Crippen MR) is 211 cm³/mol. The number of carbonyl (C=O) groups is 4. The van der Waals surface area contributed by atoms with Crippen molar-refractivity contribution in [2.24, 2.45) is 0 Å². The monoisotopic (exact) mass is 728 g/mol. The minimum Gasteiger partial charge on any atom is -0.494 e. The molecule has 0 spiro atoms. The summed E-state index contributed by atoms with van der Waals surface area (Å²) in [5, 5.41) is 5.98. The molecule has 54 heavy (non-hydrogen) atoms. The van der Waals surface area contributed by atoms with Gasteiger partial charge < -0.3 is 29.9 Å². The van der Waals surface area contributed by atoms with Gasteiger partial charge in [0.15, 0.2) is 0 Å². The van der Waals surface area contributed by atoms with Crippen LogP contribution in [0.15, 0.2) is 97.1 Å². The Hall–Kier alpha value is -5.90. The summed E-state index contributed by atoms with van der Waals surface area (Å²) >= 11 is 0. The summed E-state index contributed by atoms with van der Waals surface area (Å²) in [7, 11) is 0. The van der Waals surface area contributed by atoms with E-state index >= 15 is 0 Å². The van der Waals surface area contributed by atoms with Crippen LogP contribution in [0.3, 0.4) is 0 Å². The third-order valence-electron chi connectivity index (χ3n) is 9.80. The average Bonchev–Trinajstić information content (AvgIpc) is 3.89. The lowest BCUT2D eigenvalue weighted by molar-refractivity contribution is -0.136. The lowest BCUT2D eigenvalue weighted by Crippen LogP contribution is -2.43. The van der Waals surface area contributed by atoms with Crippen LogP contribution in [0.1, 0.15) is 61.8 Å². The minimum atomic E-state index is -0.516. The molecule has 2 aliphatic rings. The zero-order valence-corrected chi connectivity index (χ0v) is 31.0. The molecular formula is C44H48N4O6. The molecule has 2 fully saturated rings. The number of nitrogens with zero attached hydrogens (tertiary/aromatic N) is 2. The van der Waals surface area contributed by atoms with E-state index in [1.807, 2.05) is 123 Å². The van der Waals surface area contributed by atoms with Gasteiger partial charge in [0.2, 0.25) is 23.6 Å². The summed E-state index contributed by atoms with van der Waals surface area (Å²) in [5.41, 5.74) is 4.86. The van der Waals surface area contributed by atoms with Crippen LogP contribution in [0.5, 0.6) is 11.5 Å². The van der Waals surface area contributed by atoms with Gasteiger partial charge >= 0.3 is 0 Å². The lowest BCUT2D eigenvalue weighted by Gasteiger charge is -2.24. The van der Waals surface area contributed by atoms with Gasteiger partial charge in [-0.15, -0.1) is 0 Å². The van der Waals surface area contributed by atoms with Crippen molar-refractivity contribution in [3.63, 3.8) is 0 Å². The van der Waals surface area contributed by atoms with Gasteiger partial charge in [-0.05, 0) is 87.1 Å². The highest BCUT2D eigenvalue weighted by Crippen LogP contribution is 2.26. The number of benzene rings is 4. The first-order chi connectivity index (χ1) is 26.3. The topological polar surface area (TPSA) is 117 Å². The number of nitrogens with one attached hydrogen (secondary N) is 2. The number of ether oxygens (including phenoxy) is 2. The highest BCUT2D eigenvalue weighted by atomic mass is 16.5. The van der Waals surface area contributed by atoms with Crippen molar-refractivity contribution < 1.29 is 28.7 Å². The van der Waals surface area contributed by atoms with E-state index in [9.17, 15) is 19.2 Å². The molecule has 0 aromatic heterocycles. The molecule has 4 aromatic carbocycles. The van der Waals surface area contributed by atoms with Gasteiger partial charge in [-0.1, -0.05) is 72.8 Å². The number of hydrogen-bond donors (Lipinski definition) is 2. The van der Waals surface area contributed by atoms with Crippen LogP contribution in [0.2, 0.25) is 0 Å². The molecule has 0 bridgehead atoms. The number of hydrogen-bond acceptors (Lipinski definition) is 6. The molecule has 2 aliphatic heterocycles. The molecule has 2 N–H and O–H groups in total. The van der Waals surface area contributed by atoms with Gasteiger partial charge in [-0.2, -0.15) is 0 Å². The van der Waals surface area contributed by atoms with Crippen molar-refractivity contribution in [2.75, 3.05) is 36.9 Å². The van der Waals surface area contributed by atoms with E-state index in [0.717, 1.165) is 35.1 Å². The molecule has 10 heteroatoms. The maximum Gasteiger partial charge on any atom is 0.247 e. The van der Waals surface area contributed by atoms with Gasteiger partial charge in [0.25, 0.3) is 0 Å². The third kappa shape index (κ3) is 9.55. The first-order valence-corrected chi connectivity index (χ1v) is 18.8. The maximum absolute atomic E-state index is 13.3. The fourth-order valence-electron chi connectivity index (χ4n) is 7.10. The molecule has 0 saturated carbocycles. The highest BCUT2D eigenvalue weighted by molar-refractivity contribution is 5.99. The second kappa shape index (κ2) is 18.2. The van der Waals surface area contributed by atoms with E-state index in [-0.39, 0.29) is 36.5 Å². The summed E-state index contributed by atoms with van der Waals surface area (Å²) in [6, 6.07) is 29.1. The summed E-state index contributed by atoms with van der Waals surface area (Å²) in [6.45, 7) is 5.96. The normalized spacial score (nSPS) is 16.7. The van der Waals surface area contributed by atoms with Crippen molar-refractivity contribution in [3.8, 4) is 11.5 Å². The zero-order chi connectivity index (χ0) is 37.9. The SMILES string of the molecule is CCOc1ccccc1CC(=O)N1CCC[C@H]1C(=O)Nc1ccc(/C=C/c2ccc(NC(=O)[C@@H]3CCCN3C(=O)Cc3ccccc3OCC)cc2)cc1. The Bertz CT molecular complexity index is 1820. The Morgan fingerprint density at radius 3 is 1.37 bits per heavy atom. The number of para-hydroxylation sites is 2. The van der Waals surface area contributed by atoms with Crippen molar-refractivity contribution in [1.29, 1.82) is 0 Å². The minimum absolute atomic E-state index is 0.0841. The van der Waals surface area contributed by atoms with Gasteiger partial charge in [-0.3, -0.25) is 19.2 Å². The predicted octanol–water partition coefficient (Wildman–Crippen LogP) is 7.00. The molecule has 0 radical (unpaired) electrons. The number of likely N-dealkylation sites (tertiary alicyclic amines) is 2. The molecule has 6 rings (SSSR count). The quantitative estimate of drug-likeness (QED) is 0.135. The second-order valence-electron chi connectivity index (χ2n) is 13.5. The second-order valence-corrected chi connectivity index (χ2v) is 13.5. The summed E-state index contributed by atoms with van der Waals surface area (Å²) in [4.78, 5) is 56.4. The third-order valence-corrected chi connectivity index (χ3v) is 9.80. The van der Waals surface area contributed by atoms with E-state index in [2.05, 4.69) is 10.6 Å². The van der Waals surface area contributed by atoms with Gasteiger partial charge in [-0.25, -0.2) is 0 Å². The maximum atomic E-state index is 13.3. The molecule has 2 saturated heterocycles. The first-order valence-electron chi connectivity index (χ1n) is 18.8. The van der Waals surface area contributed by atoms with E-state index in [1.165, 1.54) is 0 Å². The lowest BCUT2D eigenvalue weighted by atomic mass is 10.1. The Morgan fingerprint density at radius 2 is 0.981 bits per heavy atom. The van der Waals surface area contributed by atoms with Crippen LogP contribution in [0.25, 0.3) is 12.2 Å².